The quantitative estimate of drug-likeness (QED) is 0.826. The van der Waals surface area contributed by atoms with Crippen LogP contribution in [0, 0.1) is 13.8 Å². The molecule has 0 spiro atoms. The van der Waals surface area contributed by atoms with Crippen LogP contribution in [0.15, 0.2) is 16.7 Å². The summed E-state index contributed by atoms with van der Waals surface area (Å²) in [5, 5.41) is 8.54. The normalized spacial score (nSPS) is 11.2. The topological polar surface area (TPSA) is 43.0 Å². The number of hydrogen-bond donors (Lipinski definition) is 1. The van der Waals surface area contributed by atoms with Gasteiger partial charge in [-0.1, -0.05) is 18.5 Å². The van der Waals surface area contributed by atoms with Crippen molar-refractivity contribution in [2.75, 3.05) is 6.54 Å². The van der Waals surface area contributed by atoms with Crippen LogP contribution in [-0.4, -0.2) is 16.3 Å². The van der Waals surface area contributed by atoms with E-state index in [1.165, 1.54) is 5.56 Å². The summed E-state index contributed by atoms with van der Waals surface area (Å²) >= 11 is 6.15. The molecule has 0 unspecified atom stereocenters. The van der Waals surface area contributed by atoms with Gasteiger partial charge >= 0.3 is 0 Å². The van der Waals surface area contributed by atoms with E-state index in [0.29, 0.717) is 6.54 Å². The molecule has 0 fully saturated rings. The Hall–Kier alpha value is -1.26. The predicted octanol–water partition coefficient (Wildman–Crippen LogP) is 3.29. The van der Waals surface area contributed by atoms with Crippen molar-refractivity contribution in [2.24, 2.45) is 0 Å². The molecule has 0 saturated heterocycles. The summed E-state index contributed by atoms with van der Waals surface area (Å²) in [4.78, 5) is 0. The first kappa shape index (κ1) is 14.2. The molecule has 0 aliphatic carbocycles. The van der Waals surface area contributed by atoms with Crippen LogP contribution in [0.4, 0.5) is 0 Å². The van der Waals surface area contributed by atoms with E-state index in [2.05, 4.69) is 17.3 Å². The lowest BCUT2D eigenvalue weighted by Crippen LogP contribution is -2.15. The van der Waals surface area contributed by atoms with Crippen LogP contribution in [0.1, 0.15) is 36.1 Å². The Morgan fingerprint density at radius 3 is 2.84 bits per heavy atom. The standard InChI is InChI=1S/C14H20ClN3O/c1-4-6-16-8-12-5-7-19-13(12)9-18-11(3)14(15)10(2)17-18/h5,7,16H,4,6,8-9H2,1-3H3. The fraction of sp³-hybridized carbons (Fsp3) is 0.500. The van der Waals surface area contributed by atoms with E-state index in [9.17, 15) is 0 Å². The highest BCUT2D eigenvalue weighted by Crippen LogP contribution is 2.21. The molecule has 5 heteroatoms. The molecule has 0 aliphatic heterocycles. The molecule has 2 aromatic rings. The Bertz CT molecular complexity index is 545. The molecule has 2 heterocycles. The van der Waals surface area contributed by atoms with E-state index in [0.717, 1.165) is 41.7 Å². The van der Waals surface area contributed by atoms with Gasteiger partial charge in [0.2, 0.25) is 0 Å². The average Bonchev–Trinajstić information content (AvgIpc) is 2.92. The number of nitrogens with zero attached hydrogens (tertiary/aromatic N) is 2. The fourth-order valence-electron chi connectivity index (χ4n) is 2.03. The summed E-state index contributed by atoms with van der Waals surface area (Å²) in [7, 11) is 0. The number of aryl methyl sites for hydroxylation is 1. The zero-order valence-corrected chi connectivity index (χ0v) is 12.4. The lowest BCUT2D eigenvalue weighted by atomic mass is 10.2. The van der Waals surface area contributed by atoms with Gasteiger partial charge in [0.25, 0.3) is 0 Å². The van der Waals surface area contributed by atoms with Gasteiger partial charge in [-0.25, -0.2) is 0 Å². The Labute approximate surface area is 118 Å². The second kappa shape index (κ2) is 6.26. The lowest BCUT2D eigenvalue weighted by molar-refractivity contribution is 0.468. The SMILES string of the molecule is CCCNCc1ccoc1Cn1nc(C)c(Cl)c1C. The van der Waals surface area contributed by atoms with Crippen LogP contribution in [0.5, 0.6) is 0 Å². The molecule has 19 heavy (non-hydrogen) atoms. The molecular formula is C14H20ClN3O. The number of furan rings is 1. The molecule has 4 nitrogen and oxygen atoms in total. The first-order valence-electron chi connectivity index (χ1n) is 6.59. The van der Waals surface area contributed by atoms with E-state index >= 15 is 0 Å². The van der Waals surface area contributed by atoms with E-state index < -0.39 is 0 Å². The Kier molecular flexibility index (Phi) is 4.66. The van der Waals surface area contributed by atoms with Crippen LogP contribution >= 0.6 is 11.6 Å². The third-order valence-electron chi connectivity index (χ3n) is 3.17. The average molecular weight is 282 g/mol. The summed E-state index contributed by atoms with van der Waals surface area (Å²) in [6, 6.07) is 2.01. The summed E-state index contributed by atoms with van der Waals surface area (Å²) < 4.78 is 7.45. The van der Waals surface area contributed by atoms with Crippen molar-refractivity contribution in [1.29, 1.82) is 0 Å². The van der Waals surface area contributed by atoms with Crippen molar-refractivity contribution in [3.05, 3.63) is 40.1 Å². The van der Waals surface area contributed by atoms with E-state index in [-0.39, 0.29) is 0 Å². The van der Waals surface area contributed by atoms with Crippen LogP contribution < -0.4 is 5.32 Å². The molecule has 0 radical (unpaired) electrons. The maximum absolute atomic E-state index is 6.15. The van der Waals surface area contributed by atoms with Gasteiger partial charge in [-0.3, -0.25) is 4.68 Å². The zero-order chi connectivity index (χ0) is 13.8. The summed E-state index contributed by atoms with van der Waals surface area (Å²) in [6.45, 7) is 8.50. The molecule has 0 aliphatic rings. The van der Waals surface area contributed by atoms with E-state index in [1.807, 2.05) is 24.6 Å². The number of rotatable bonds is 6. The fourth-order valence-corrected chi connectivity index (χ4v) is 2.16. The second-order valence-electron chi connectivity index (χ2n) is 4.69. The van der Waals surface area contributed by atoms with Crippen LogP contribution in [-0.2, 0) is 13.1 Å². The molecule has 2 aromatic heterocycles. The summed E-state index contributed by atoms with van der Waals surface area (Å²) in [5.41, 5.74) is 3.01. The van der Waals surface area contributed by atoms with Gasteiger partial charge in [-0.2, -0.15) is 5.10 Å². The van der Waals surface area contributed by atoms with Crippen molar-refractivity contribution >= 4 is 11.6 Å². The maximum atomic E-state index is 6.15. The Morgan fingerprint density at radius 1 is 1.42 bits per heavy atom. The van der Waals surface area contributed by atoms with Gasteiger partial charge in [0, 0.05) is 12.1 Å². The van der Waals surface area contributed by atoms with Crippen molar-refractivity contribution in [3.8, 4) is 0 Å². The molecule has 0 saturated carbocycles. The third-order valence-corrected chi connectivity index (χ3v) is 3.71. The van der Waals surface area contributed by atoms with Gasteiger partial charge < -0.3 is 9.73 Å². The van der Waals surface area contributed by atoms with Gasteiger partial charge in [-0.05, 0) is 32.9 Å². The molecule has 0 bridgehead atoms. The van der Waals surface area contributed by atoms with Crippen molar-refractivity contribution in [1.82, 2.24) is 15.1 Å². The lowest BCUT2D eigenvalue weighted by Gasteiger charge is -2.06. The monoisotopic (exact) mass is 281 g/mol. The van der Waals surface area contributed by atoms with Crippen molar-refractivity contribution in [2.45, 2.75) is 40.3 Å². The summed E-state index contributed by atoms with van der Waals surface area (Å²) in [6.07, 6.45) is 2.85. The molecular weight excluding hydrogens is 262 g/mol. The molecule has 2 rings (SSSR count). The highest BCUT2D eigenvalue weighted by molar-refractivity contribution is 6.31. The Morgan fingerprint density at radius 2 is 2.21 bits per heavy atom. The highest BCUT2D eigenvalue weighted by Gasteiger charge is 2.13. The highest BCUT2D eigenvalue weighted by atomic mass is 35.5. The molecule has 1 N–H and O–H groups in total. The molecule has 0 aromatic carbocycles. The van der Waals surface area contributed by atoms with Gasteiger partial charge in [0.1, 0.15) is 5.76 Å². The van der Waals surface area contributed by atoms with Crippen molar-refractivity contribution in [3.63, 3.8) is 0 Å². The number of halogens is 1. The minimum absolute atomic E-state index is 0.621. The largest absolute Gasteiger partial charge is 0.467 e. The zero-order valence-electron chi connectivity index (χ0n) is 11.7. The maximum Gasteiger partial charge on any atom is 0.129 e. The summed E-state index contributed by atoms with van der Waals surface area (Å²) in [5.74, 6) is 0.936. The third kappa shape index (κ3) is 3.19. The van der Waals surface area contributed by atoms with E-state index in [1.54, 1.807) is 6.26 Å². The predicted molar refractivity (Wildman–Crippen MR) is 76.5 cm³/mol. The van der Waals surface area contributed by atoms with Crippen LogP contribution in [0.25, 0.3) is 0 Å². The first-order valence-corrected chi connectivity index (χ1v) is 6.96. The smallest absolute Gasteiger partial charge is 0.129 e. The van der Waals surface area contributed by atoms with E-state index in [4.69, 9.17) is 16.0 Å². The minimum Gasteiger partial charge on any atom is -0.467 e. The first-order chi connectivity index (χ1) is 9.13. The number of hydrogen-bond acceptors (Lipinski definition) is 3. The van der Waals surface area contributed by atoms with Gasteiger partial charge in [0.15, 0.2) is 0 Å². The molecule has 0 amide bonds. The number of nitrogens with one attached hydrogen (secondary N) is 1. The second-order valence-corrected chi connectivity index (χ2v) is 5.07. The molecule has 104 valence electrons. The van der Waals surface area contributed by atoms with Crippen LogP contribution in [0.2, 0.25) is 5.02 Å². The van der Waals surface area contributed by atoms with Crippen molar-refractivity contribution < 1.29 is 4.42 Å². The molecule has 0 atom stereocenters. The van der Waals surface area contributed by atoms with Gasteiger partial charge in [0.05, 0.1) is 29.2 Å². The van der Waals surface area contributed by atoms with Crippen LogP contribution in [0.3, 0.4) is 0 Å². The van der Waals surface area contributed by atoms with Gasteiger partial charge in [-0.15, -0.1) is 0 Å². The Balaban J connectivity index is 2.10. The number of aromatic nitrogens is 2. The minimum atomic E-state index is 0.621.